The van der Waals surface area contributed by atoms with E-state index in [9.17, 15) is 17.6 Å². The molecular formula is C8H7F4O. The van der Waals surface area contributed by atoms with Gasteiger partial charge in [-0.3, -0.25) is 0 Å². The van der Waals surface area contributed by atoms with Crippen LogP contribution in [0.2, 0.25) is 0 Å². The summed E-state index contributed by atoms with van der Waals surface area (Å²) in [4.78, 5) is 0. The van der Waals surface area contributed by atoms with Crippen molar-refractivity contribution in [2.45, 2.75) is 19.0 Å². The summed E-state index contributed by atoms with van der Waals surface area (Å²) in [5, 5.41) is 0. The number of halogens is 4. The Kier molecular flexibility index (Phi) is 2.95. The fourth-order valence-corrected chi connectivity index (χ4v) is 0.772. The lowest BCUT2D eigenvalue weighted by Crippen LogP contribution is -2.29. The van der Waals surface area contributed by atoms with Crippen LogP contribution in [0.5, 0.6) is 0 Å². The molecule has 0 heterocycles. The van der Waals surface area contributed by atoms with E-state index in [4.69, 9.17) is 0 Å². The van der Waals surface area contributed by atoms with Crippen molar-refractivity contribution in [3.8, 4) is 0 Å². The molecule has 1 rings (SSSR count). The third kappa shape index (κ3) is 2.75. The molecule has 0 atom stereocenters. The Labute approximate surface area is 72.7 Å². The molecule has 0 unspecified atom stereocenters. The van der Waals surface area contributed by atoms with Gasteiger partial charge in [0.15, 0.2) is 0 Å². The van der Waals surface area contributed by atoms with E-state index in [2.05, 4.69) is 4.74 Å². The number of rotatable bonds is 3. The molecular weight excluding hydrogens is 188 g/mol. The van der Waals surface area contributed by atoms with Crippen molar-refractivity contribution >= 4 is 0 Å². The highest BCUT2D eigenvalue weighted by atomic mass is 19.3. The normalized spacial score (nSPS) is 17.5. The molecule has 0 aromatic rings. The van der Waals surface area contributed by atoms with Crippen LogP contribution >= 0.6 is 0 Å². The minimum absolute atomic E-state index is 0.253. The molecule has 0 aliphatic heterocycles. The Hall–Kier alpha value is -1.00. The summed E-state index contributed by atoms with van der Waals surface area (Å²) in [6.45, 7) is 0. The van der Waals surface area contributed by atoms with Gasteiger partial charge in [0.1, 0.15) is 5.76 Å². The molecule has 1 radical (unpaired) electrons. The van der Waals surface area contributed by atoms with Gasteiger partial charge in [0.05, 0.1) is 0 Å². The highest BCUT2D eigenvalue weighted by Gasteiger charge is 2.44. The fraction of sp³-hybridized carbons (Fsp3) is 0.375. The monoisotopic (exact) mass is 195 g/mol. The molecule has 0 amide bonds. The number of allylic oxidation sites excluding steroid dienone is 3. The zero-order valence-electron chi connectivity index (χ0n) is 6.51. The average molecular weight is 195 g/mol. The van der Waals surface area contributed by atoms with Crippen LogP contribution in [0.1, 0.15) is 6.42 Å². The lowest BCUT2D eigenvalue weighted by Gasteiger charge is -2.18. The fourth-order valence-electron chi connectivity index (χ4n) is 0.772. The van der Waals surface area contributed by atoms with E-state index in [1.165, 1.54) is 24.6 Å². The second-order valence-electron chi connectivity index (χ2n) is 2.41. The predicted octanol–water partition coefficient (Wildman–Crippen LogP) is 2.91. The Bertz CT molecular complexity index is 232. The highest BCUT2D eigenvalue weighted by Crippen LogP contribution is 2.28. The number of ether oxygens (including phenoxy) is 1. The molecule has 0 saturated heterocycles. The molecule has 0 spiro atoms. The van der Waals surface area contributed by atoms with E-state index in [0.717, 1.165) is 0 Å². The van der Waals surface area contributed by atoms with Crippen molar-refractivity contribution < 1.29 is 22.3 Å². The van der Waals surface area contributed by atoms with E-state index in [-0.39, 0.29) is 5.76 Å². The molecule has 1 aliphatic rings. The maximum atomic E-state index is 12.3. The van der Waals surface area contributed by atoms with Crippen molar-refractivity contribution in [2.24, 2.45) is 0 Å². The molecule has 0 saturated carbocycles. The molecule has 0 aromatic heterocycles. The Balaban J connectivity index is 2.57. The highest BCUT2D eigenvalue weighted by molar-refractivity contribution is 5.22. The number of alkyl halides is 4. The SMILES string of the molecule is FC(F)C(F)(F)OC1=C[CH]CC=C1. The van der Waals surface area contributed by atoms with Gasteiger partial charge < -0.3 is 4.74 Å². The molecule has 0 bridgehead atoms. The smallest absolute Gasteiger partial charge is 0.429 e. The molecule has 13 heavy (non-hydrogen) atoms. The molecule has 0 N–H and O–H groups in total. The van der Waals surface area contributed by atoms with Crippen LogP contribution < -0.4 is 0 Å². The van der Waals surface area contributed by atoms with Gasteiger partial charge in [-0.15, -0.1) is 0 Å². The maximum Gasteiger partial charge on any atom is 0.461 e. The van der Waals surface area contributed by atoms with Crippen LogP contribution in [0.15, 0.2) is 24.0 Å². The molecule has 0 fully saturated rings. The van der Waals surface area contributed by atoms with Gasteiger partial charge in [-0.1, -0.05) is 6.08 Å². The zero-order valence-corrected chi connectivity index (χ0v) is 6.51. The first-order chi connectivity index (χ1) is 6.02. The predicted molar refractivity (Wildman–Crippen MR) is 38.2 cm³/mol. The number of hydrogen-bond donors (Lipinski definition) is 0. The summed E-state index contributed by atoms with van der Waals surface area (Å²) in [5.74, 6) is -0.253. The Morgan fingerprint density at radius 3 is 2.54 bits per heavy atom. The topological polar surface area (TPSA) is 9.23 Å². The van der Waals surface area contributed by atoms with Crippen molar-refractivity contribution in [1.29, 1.82) is 0 Å². The van der Waals surface area contributed by atoms with Crippen LogP contribution in [0.3, 0.4) is 0 Å². The first kappa shape index (κ1) is 10.1. The summed E-state index contributed by atoms with van der Waals surface area (Å²) < 4.78 is 51.6. The van der Waals surface area contributed by atoms with Crippen molar-refractivity contribution in [2.75, 3.05) is 0 Å². The maximum absolute atomic E-state index is 12.3. The van der Waals surface area contributed by atoms with E-state index >= 15 is 0 Å². The Morgan fingerprint density at radius 2 is 2.08 bits per heavy atom. The standard InChI is InChI=1S/C8H7F4O/c9-7(10)8(11,12)13-6-4-2-1-3-5-6/h2-5,7H,1H2. The third-order valence-electron chi connectivity index (χ3n) is 1.34. The van der Waals surface area contributed by atoms with Gasteiger partial charge >= 0.3 is 12.5 Å². The summed E-state index contributed by atoms with van der Waals surface area (Å²) in [6.07, 6.45) is -2.10. The van der Waals surface area contributed by atoms with Gasteiger partial charge in [0, 0.05) is 0 Å². The van der Waals surface area contributed by atoms with Gasteiger partial charge in [-0.2, -0.15) is 17.6 Å². The first-order valence-electron chi connectivity index (χ1n) is 3.57. The molecule has 0 aromatic carbocycles. The van der Waals surface area contributed by atoms with Gasteiger partial charge in [-0.25, -0.2) is 0 Å². The lowest BCUT2D eigenvalue weighted by atomic mass is 10.2. The van der Waals surface area contributed by atoms with Crippen LogP contribution in [-0.4, -0.2) is 12.5 Å². The van der Waals surface area contributed by atoms with Crippen LogP contribution in [-0.2, 0) is 4.74 Å². The quantitative estimate of drug-likeness (QED) is 0.629. The van der Waals surface area contributed by atoms with Crippen LogP contribution in [0.4, 0.5) is 17.6 Å². The van der Waals surface area contributed by atoms with Crippen molar-refractivity contribution in [3.63, 3.8) is 0 Å². The minimum atomic E-state index is -4.42. The third-order valence-corrected chi connectivity index (χ3v) is 1.34. The minimum Gasteiger partial charge on any atom is -0.429 e. The van der Waals surface area contributed by atoms with Gasteiger partial charge in [0.25, 0.3) is 0 Å². The molecule has 1 aliphatic carbocycles. The van der Waals surface area contributed by atoms with Crippen molar-refractivity contribution in [1.82, 2.24) is 0 Å². The summed E-state index contributed by atoms with van der Waals surface area (Å²) in [6, 6.07) is 0. The van der Waals surface area contributed by atoms with E-state index in [0.29, 0.717) is 6.42 Å². The Morgan fingerprint density at radius 1 is 1.38 bits per heavy atom. The second kappa shape index (κ2) is 3.81. The zero-order chi connectivity index (χ0) is 9.90. The molecule has 5 heteroatoms. The summed E-state index contributed by atoms with van der Waals surface area (Å²) >= 11 is 0. The van der Waals surface area contributed by atoms with Gasteiger partial charge in [0.2, 0.25) is 0 Å². The van der Waals surface area contributed by atoms with Crippen molar-refractivity contribution in [3.05, 3.63) is 30.4 Å². The van der Waals surface area contributed by atoms with Crippen LogP contribution in [0.25, 0.3) is 0 Å². The summed E-state index contributed by atoms with van der Waals surface area (Å²) in [5.41, 5.74) is 0. The van der Waals surface area contributed by atoms with Gasteiger partial charge in [-0.05, 0) is 25.0 Å². The van der Waals surface area contributed by atoms with E-state index in [1.807, 2.05) is 0 Å². The molecule has 73 valence electrons. The molecule has 1 nitrogen and oxygen atoms in total. The van der Waals surface area contributed by atoms with E-state index < -0.39 is 12.5 Å². The first-order valence-corrected chi connectivity index (χ1v) is 3.57. The van der Waals surface area contributed by atoms with E-state index in [1.54, 1.807) is 0 Å². The second-order valence-corrected chi connectivity index (χ2v) is 2.41. The van der Waals surface area contributed by atoms with Crippen LogP contribution in [0, 0.1) is 6.42 Å². The number of hydrogen-bond acceptors (Lipinski definition) is 1. The summed E-state index contributed by atoms with van der Waals surface area (Å²) in [7, 11) is 0. The lowest BCUT2D eigenvalue weighted by molar-refractivity contribution is -0.279. The average Bonchev–Trinajstić information content (AvgIpc) is 2.05. The largest absolute Gasteiger partial charge is 0.461 e.